The van der Waals surface area contributed by atoms with Gasteiger partial charge in [-0.3, -0.25) is 14.4 Å². The van der Waals surface area contributed by atoms with Crippen LogP contribution in [0, 0.1) is 11.8 Å². The van der Waals surface area contributed by atoms with Gasteiger partial charge in [0.1, 0.15) is 11.6 Å². The first-order valence-corrected chi connectivity index (χ1v) is 19.6. The molecule has 1 aliphatic carbocycles. The topological polar surface area (TPSA) is 183 Å². The van der Waals surface area contributed by atoms with Crippen LogP contribution in [-0.4, -0.2) is 93.7 Å². The zero-order chi connectivity index (χ0) is 39.5. The molecule has 0 bridgehead atoms. The molecule has 1 aliphatic heterocycles. The van der Waals surface area contributed by atoms with Gasteiger partial charge < -0.3 is 30.9 Å². The zero-order valence-electron chi connectivity index (χ0n) is 32.5. The molecule has 1 saturated carbocycles. The second-order valence-electron chi connectivity index (χ2n) is 15.8. The number of nitrogens with zero attached hydrogens (tertiary/aromatic N) is 4. The van der Waals surface area contributed by atoms with Gasteiger partial charge in [-0.2, -0.15) is 5.21 Å². The van der Waals surface area contributed by atoms with Gasteiger partial charge in [-0.15, -0.1) is 10.2 Å². The number of aromatic nitrogens is 4. The van der Waals surface area contributed by atoms with Gasteiger partial charge in [0.05, 0.1) is 0 Å². The van der Waals surface area contributed by atoms with Gasteiger partial charge in [0, 0.05) is 48.8 Å². The number of nitrogens with one attached hydrogen (secondary N) is 5. The smallest absolute Gasteiger partial charge is 0.407 e. The molecule has 14 nitrogen and oxygen atoms in total. The largest absolute Gasteiger partial charge is 0.444 e. The first kappa shape index (κ1) is 40.0. The number of anilines is 1. The monoisotopic (exact) mass is 763 g/mol. The molecule has 2 heterocycles. The van der Waals surface area contributed by atoms with Gasteiger partial charge in [0.25, 0.3) is 5.91 Å². The number of amides is 4. The van der Waals surface area contributed by atoms with Crippen molar-refractivity contribution in [3.63, 3.8) is 0 Å². The maximum atomic E-state index is 13.9. The highest BCUT2D eigenvalue weighted by Gasteiger charge is 2.30. The van der Waals surface area contributed by atoms with E-state index in [9.17, 15) is 19.2 Å². The van der Waals surface area contributed by atoms with Crippen LogP contribution in [0.15, 0.2) is 72.8 Å². The van der Waals surface area contributed by atoms with E-state index in [4.69, 9.17) is 4.74 Å². The molecule has 1 aromatic heterocycles. The van der Waals surface area contributed by atoms with Crippen LogP contribution in [-0.2, 0) is 20.7 Å². The summed E-state index contributed by atoms with van der Waals surface area (Å²) in [5, 5.41) is 26.0. The Labute approximate surface area is 327 Å². The molecular formula is C42H53N9O5. The van der Waals surface area contributed by atoms with Crippen LogP contribution < -0.4 is 21.3 Å². The van der Waals surface area contributed by atoms with Crippen LogP contribution in [0.25, 0.3) is 22.5 Å². The Kier molecular flexibility index (Phi) is 13.4. The number of H-pyrrole nitrogens is 1. The summed E-state index contributed by atoms with van der Waals surface area (Å²) in [6.45, 7) is 9.64. The fourth-order valence-electron chi connectivity index (χ4n) is 7.25. The number of hydrogen-bond acceptors (Lipinski definition) is 9. The third-order valence-corrected chi connectivity index (χ3v) is 10.3. The molecule has 56 heavy (non-hydrogen) atoms. The minimum atomic E-state index is -0.854. The van der Waals surface area contributed by atoms with E-state index in [1.165, 1.54) is 12.8 Å². The van der Waals surface area contributed by atoms with E-state index in [1.807, 2.05) is 69.3 Å². The van der Waals surface area contributed by atoms with E-state index in [2.05, 4.69) is 46.8 Å². The molecule has 1 saturated heterocycles. The summed E-state index contributed by atoms with van der Waals surface area (Å²) < 4.78 is 5.36. The van der Waals surface area contributed by atoms with Crippen molar-refractivity contribution >= 4 is 29.5 Å². The van der Waals surface area contributed by atoms with Gasteiger partial charge >= 0.3 is 6.09 Å². The quantitative estimate of drug-likeness (QED) is 0.113. The van der Waals surface area contributed by atoms with Crippen molar-refractivity contribution in [3.8, 4) is 22.5 Å². The van der Waals surface area contributed by atoms with Crippen LogP contribution in [0.2, 0.25) is 0 Å². The fraction of sp³-hybridized carbons (Fsp3) is 0.452. The van der Waals surface area contributed by atoms with Crippen molar-refractivity contribution in [2.75, 3.05) is 38.0 Å². The highest BCUT2D eigenvalue weighted by atomic mass is 16.6. The summed E-state index contributed by atoms with van der Waals surface area (Å²) in [6, 6.07) is 21.6. The number of carbonyl (C=O) groups is 4. The normalized spacial score (nSPS) is 17.8. The van der Waals surface area contributed by atoms with Crippen molar-refractivity contribution in [3.05, 3.63) is 83.9 Å². The summed E-state index contributed by atoms with van der Waals surface area (Å²) in [5.74, 6) is -0.168. The van der Waals surface area contributed by atoms with Crippen LogP contribution in [0.1, 0.15) is 75.2 Å². The Morgan fingerprint density at radius 2 is 1.59 bits per heavy atom. The van der Waals surface area contributed by atoms with E-state index in [0.717, 1.165) is 54.7 Å². The number of aromatic amines is 1. The Bertz CT molecular complexity index is 1910. The zero-order valence-corrected chi connectivity index (χ0v) is 32.5. The summed E-state index contributed by atoms with van der Waals surface area (Å²) >= 11 is 0. The average molecular weight is 764 g/mol. The predicted octanol–water partition coefficient (Wildman–Crippen LogP) is 5.36. The second-order valence-corrected chi connectivity index (χ2v) is 15.8. The highest BCUT2D eigenvalue weighted by molar-refractivity contribution is 5.98. The Hall–Kier alpha value is -5.63. The van der Waals surface area contributed by atoms with Gasteiger partial charge in [-0.1, -0.05) is 36.4 Å². The third kappa shape index (κ3) is 11.7. The number of likely N-dealkylation sites (tertiary alicyclic amines) is 1. The molecule has 14 heteroatoms. The Morgan fingerprint density at radius 3 is 2.27 bits per heavy atom. The fourth-order valence-corrected chi connectivity index (χ4v) is 7.25. The Balaban J connectivity index is 1.09. The van der Waals surface area contributed by atoms with Gasteiger partial charge in [-0.25, -0.2) is 4.79 Å². The number of rotatable bonds is 14. The van der Waals surface area contributed by atoms with Crippen LogP contribution in [0.5, 0.6) is 0 Å². The van der Waals surface area contributed by atoms with Crippen molar-refractivity contribution < 1.29 is 23.9 Å². The number of tetrazole rings is 1. The maximum Gasteiger partial charge on any atom is 0.407 e. The molecule has 4 amide bonds. The molecule has 1 atom stereocenters. The SMILES string of the molecule is CC(C)(C)OC(=O)NCC1CCC(C(=O)N[C@@H](Cc2cccc(-c3ccc(C(=O)NCCN4CCCC4)cc3)c2)C(=O)Nc2ccc(-c3nn[nH]n3)cc2)CC1. The molecule has 5 N–H and O–H groups in total. The summed E-state index contributed by atoms with van der Waals surface area (Å²) in [6.07, 6.45) is 5.12. The lowest BCUT2D eigenvalue weighted by Crippen LogP contribution is -2.48. The van der Waals surface area contributed by atoms with Crippen molar-refractivity contribution in [2.45, 2.75) is 77.4 Å². The second kappa shape index (κ2) is 18.8. The number of ether oxygens (including phenoxy) is 1. The van der Waals surface area contributed by atoms with Crippen LogP contribution >= 0.6 is 0 Å². The van der Waals surface area contributed by atoms with Gasteiger partial charge in [0.2, 0.25) is 17.6 Å². The first-order valence-electron chi connectivity index (χ1n) is 19.6. The molecule has 0 radical (unpaired) electrons. The Morgan fingerprint density at radius 1 is 0.875 bits per heavy atom. The van der Waals surface area contributed by atoms with E-state index in [1.54, 1.807) is 24.3 Å². The minimum absolute atomic E-state index is 0.0931. The molecule has 3 aromatic carbocycles. The van der Waals surface area contributed by atoms with E-state index >= 15 is 0 Å². The third-order valence-electron chi connectivity index (χ3n) is 10.3. The summed E-state index contributed by atoms with van der Waals surface area (Å²) in [7, 11) is 0. The number of benzene rings is 3. The van der Waals surface area contributed by atoms with Crippen LogP contribution in [0.4, 0.5) is 10.5 Å². The van der Waals surface area contributed by atoms with Gasteiger partial charge in [-0.05, 0) is 137 Å². The molecule has 4 aromatic rings. The highest BCUT2D eigenvalue weighted by Crippen LogP contribution is 2.29. The first-order chi connectivity index (χ1) is 27.0. The molecule has 6 rings (SSSR count). The lowest BCUT2D eigenvalue weighted by atomic mass is 9.81. The van der Waals surface area contributed by atoms with Crippen LogP contribution in [0.3, 0.4) is 0 Å². The molecular weight excluding hydrogens is 711 g/mol. The lowest BCUT2D eigenvalue weighted by Gasteiger charge is -2.29. The molecule has 2 fully saturated rings. The van der Waals surface area contributed by atoms with E-state index in [0.29, 0.717) is 43.0 Å². The van der Waals surface area contributed by atoms with E-state index in [-0.39, 0.29) is 36.0 Å². The van der Waals surface area contributed by atoms with Crippen molar-refractivity contribution in [2.24, 2.45) is 11.8 Å². The number of carbonyl (C=O) groups excluding carboxylic acids is 4. The molecule has 0 spiro atoms. The molecule has 296 valence electrons. The predicted molar refractivity (Wildman–Crippen MR) is 213 cm³/mol. The number of hydrogen-bond donors (Lipinski definition) is 5. The van der Waals surface area contributed by atoms with Crippen molar-refractivity contribution in [1.29, 1.82) is 0 Å². The summed E-state index contributed by atoms with van der Waals surface area (Å²) in [4.78, 5) is 54.9. The molecule has 2 aliphatic rings. The van der Waals surface area contributed by atoms with Crippen molar-refractivity contribution in [1.82, 2.24) is 41.5 Å². The van der Waals surface area contributed by atoms with E-state index < -0.39 is 17.7 Å². The summed E-state index contributed by atoms with van der Waals surface area (Å²) in [5.41, 5.74) is 4.07. The standard InChI is InChI=1S/C42H53N9O5/c1-42(2,3)56-41(55)44-27-28-9-11-33(12-10-28)39(53)46-36(40(54)45-35-19-17-31(18-20-35)37-47-49-50-48-37)26-29-7-6-8-34(25-29)30-13-15-32(16-14-30)38(52)43-21-24-51-22-4-5-23-51/h6-8,13-20,25,28,33,36H,4-5,9-12,21-24,26-27H2,1-3H3,(H,43,52)(H,44,55)(H,45,54)(H,46,53)(H,47,48,49,50)/t28?,33?,36-/m0/s1. The minimum Gasteiger partial charge on any atom is -0.444 e. The maximum absolute atomic E-state index is 13.9. The lowest BCUT2D eigenvalue weighted by molar-refractivity contribution is -0.130. The average Bonchev–Trinajstić information content (AvgIpc) is 3.93. The number of alkyl carbamates (subject to hydrolysis) is 1. The van der Waals surface area contributed by atoms with Gasteiger partial charge in [0.15, 0.2) is 0 Å². The molecule has 0 unspecified atom stereocenters.